The van der Waals surface area contributed by atoms with Crippen molar-refractivity contribution in [2.75, 3.05) is 13.2 Å². The number of aliphatic hydroxyl groups excluding tert-OH is 3. The van der Waals surface area contributed by atoms with Crippen LogP contribution in [0.15, 0.2) is 0 Å². The zero-order valence-corrected chi connectivity index (χ0v) is 8.60. The second kappa shape index (κ2) is 9.40. The second-order valence-corrected chi connectivity index (χ2v) is 3.68. The summed E-state index contributed by atoms with van der Waals surface area (Å²) in [6.45, 7) is 0.327. The van der Waals surface area contributed by atoms with E-state index in [1.165, 1.54) is 0 Å². The van der Waals surface area contributed by atoms with Gasteiger partial charge in [-0.1, -0.05) is 6.42 Å². The molecule has 1 atom stereocenters. The van der Waals surface area contributed by atoms with Gasteiger partial charge in [0.1, 0.15) is 0 Å². The maximum absolute atomic E-state index is 8.98. The van der Waals surface area contributed by atoms with E-state index in [1.807, 2.05) is 0 Å². The Bertz CT molecular complexity index is 117. The standard InChI is InChI=1S/C10H22O4/c11-7-3-5-9(8-12)4-1-2-6-10(13)14/h9-14H,1-8H2. The molecule has 0 saturated carbocycles. The Morgan fingerprint density at radius 1 is 0.786 bits per heavy atom. The highest BCUT2D eigenvalue weighted by atomic mass is 16.5. The minimum atomic E-state index is -1.21. The molecule has 0 aliphatic heterocycles. The molecule has 86 valence electrons. The normalized spacial score (nSPS) is 13.5. The first-order chi connectivity index (χ1) is 6.70. The zero-order valence-electron chi connectivity index (χ0n) is 8.60. The highest BCUT2D eigenvalue weighted by molar-refractivity contribution is 4.58. The third-order valence-electron chi connectivity index (χ3n) is 2.35. The van der Waals surface area contributed by atoms with E-state index in [4.69, 9.17) is 20.4 Å². The largest absolute Gasteiger partial charge is 0.396 e. The van der Waals surface area contributed by atoms with Crippen molar-refractivity contribution in [3.63, 3.8) is 0 Å². The van der Waals surface area contributed by atoms with Crippen LogP contribution in [0, 0.1) is 5.92 Å². The summed E-state index contributed by atoms with van der Waals surface area (Å²) in [5.41, 5.74) is 0. The quantitative estimate of drug-likeness (QED) is 0.322. The van der Waals surface area contributed by atoms with Gasteiger partial charge in [0.2, 0.25) is 0 Å². The number of unbranched alkanes of at least 4 members (excludes halogenated alkanes) is 1. The zero-order chi connectivity index (χ0) is 10.8. The van der Waals surface area contributed by atoms with Crippen LogP contribution in [-0.4, -0.2) is 39.9 Å². The Balaban J connectivity index is 3.33. The summed E-state index contributed by atoms with van der Waals surface area (Å²) < 4.78 is 0. The Morgan fingerprint density at radius 2 is 1.36 bits per heavy atom. The number of rotatable bonds is 9. The van der Waals surface area contributed by atoms with Crippen molar-refractivity contribution < 1.29 is 20.4 Å². The predicted octanol–water partition coefficient (Wildman–Crippen LogP) is 0.238. The molecule has 4 N–H and O–H groups in total. The molecule has 0 saturated heterocycles. The van der Waals surface area contributed by atoms with Crippen LogP contribution < -0.4 is 0 Å². The average molecular weight is 206 g/mol. The molecular formula is C10H22O4. The average Bonchev–Trinajstić information content (AvgIpc) is 2.16. The summed E-state index contributed by atoms with van der Waals surface area (Å²) in [6.07, 6.45) is 3.32. The number of hydrogen-bond donors (Lipinski definition) is 4. The molecule has 0 fully saturated rings. The van der Waals surface area contributed by atoms with E-state index in [1.54, 1.807) is 0 Å². The van der Waals surface area contributed by atoms with Gasteiger partial charge < -0.3 is 20.4 Å². The fraction of sp³-hybridized carbons (Fsp3) is 1.00. The summed E-state index contributed by atoms with van der Waals surface area (Å²) in [7, 11) is 0. The van der Waals surface area contributed by atoms with Crippen LogP contribution in [0.25, 0.3) is 0 Å². The van der Waals surface area contributed by atoms with Crippen LogP contribution in [0.3, 0.4) is 0 Å². The molecule has 0 aliphatic rings. The molecule has 4 heteroatoms. The van der Waals surface area contributed by atoms with Crippen molar-refractivity contribution in [3.05, 3.63) is 0 Å². The minimum Gasteiger partial charge on any atom is -0.396 e. The summed E-state index contributed by atoms with van der Waals surface area (Å²) in [5, 5.41) is 34.8. The van der Waals surface area contributed by atoms with E-state index in [0.29, 0.717) is 6.42 Å². The minimum absolute atomic E-state index is 0.154. The van der Waals surface area contributed by atoms with E-state index in [2.05, 4.69) is 0 Å². The SMILES string of the molecule is OCCCC(CO)CCCCC(O)O. The predicted molar refractivity (Wildman–Crippen MR) is 53.6 cm³/mol. The molecule has 0 radical (unpaired) electrons. The van der Waals surface area contributed by atoms with E-state index >= 15 is 0 Å². The van der Waals surface area contributed by atoms with Gasteiger partial charge in [0.05, 0.1) is 0 Å². The lowest BCUT2D eigenvalue weighted by Gasteiger charge is -2.13. The molecule has 0 aromatic rings. The fourth-order valence-electron chi connectivity index (χ4n) is 1.47. The third kappa shape index (κ3) is 8.44. The topological polar surface area (TPSA) is 80.9 Å². The molecule has 0 aromatic heterocycles. The first-order valence-electron chi connectivity index (χ1n) is 5.28. The Morgan fingerprint density at radius 3 is 1.86 bits per heavy atom. The van der Waals surface area contributed by atoms with Crippen molar-refractivity contribution in [3.8, 4) is 0 Å². The van der Waals surface area contributed by atoms with Gasteiger partial charge in [0.25, 0.3) is 0 Å². The van der Waals surface area contributed by atoms with Gasteiger partial charge >= 0.3 is 0 Å². The molecule has 1 unspecified atom stereocenters. The van der Waals surface area contributed by atoms with E-state index in [9.17, 15) is 0 Å². The van der Waals surface area contributed by atoms with Crippen LogP contribution in [0.2, 0.25) is 0 Å². The van der Waals surface area contributed by atoms with E-state index < -0.39 is 6.29 Å². The first kappa shape index (κ1) is 13.8. The van der Waals surface area contributed by atoms with Gasteiger partial charge in [0.15, 0.2) is 6.29 Å². The summed E-state index contributed by atoms with van der Waals surface area (Å²) in [4.78, 5) is 0. The van der Waals surface area contributed by atoms with Crippen LogP contribution in [-0.2, 0) is 0 Å². The highest BCUT2D eigenvalue weighted by Crippen LogP contribution is 2.15. The smallest absolute Gasteiger partial charge is 0.151 e. The molecule has 0 amide bonds. The van der Waals surface area contributed by atoms with Gasteiger partial charge in [0, 0.05) is 13.2 Å². The van der Waals surface area contributed by atoms with E-state index in [0.717, 1.165) is 32.1 Å². The van der Waals surface area contributed by atoms with Crippen molar-refractivity contribution in [2.24, 2.45) is 5.92 Å². The van der Waals surface area contributed by atoms with Gasteiger partial charge in [-0.15, -0.1) is 0 Å². The maximum Gasteiger partial charge on any atom is 0.151 e. The van der Waals surface area contributed by atoms with Gasteiger partial charge in [-0.3, -0.25) is 0 Å². The van der Waals surface area contributed by atoms with Gasteiger partial charge in [-0.05, 0) is 38.0 Å². The Hall–Kier alpha value is -0.160. The molecule has 0 spiro atoms. The van der Waals surface area contributed by atoms with Crippen molar-refractivity contribution in [1.29, 1.82) is 0 Å². The van der Waals surface area contributed by atoms with Crippen LogP contribution >= 0.6 is 0 Å². The Kier molecular flexibility index (Phi) is 9.29. The summed E-state index contributed by atoms with van der Waals surface area (Å²) in [5.74, 6) is 0.248. The molecule has 0 bridgehead atoms. The van der Waals surface area contributed by atoms with Crippen LogP contribution in [0.4, 0.5) is 0 Å². The lowest BCUT2D eigenvalue weighted by molar-refractivity contribution is -0.0468. The lowest BCUT2D eigenvalue weighted by Crippen LogP contribution is -2.08. The molecule has 0 heterocycles. The number of aliphatic hydroxyl groups is 4. The lowest BCUT2D eigenvalue weighted by atomic mass is 9.97. The molecule has 0 rings (SSSR count). The molecule has 14 heavy (non-hydrogen) atoms. The van der Waals surface area contributed by atoms with Crippen molar-refractivity contribution >= 4 is 0 Å². The van der Waals surface area contributed by atoms with Crippen LogP contribution in [0.1, 0.15) is 38.5 Å². The third-order valence-corrected chi connectivity index (χ3v) is 2.35. The number of hydrogen-bond acceptors (Lipinski definition) is 4. The highest BCUT2D eigenvalue weighted by Gasteiger charge is 2.07. The van der Waals surface area contributed by atoms with Crippen molar-refractivity contribution in [2.45, 2.75) is 44.8 Å². The Labute approximate surface area is 85.2 Å². The summed E-state index contributed by atoms with van der Waals surface area (Å²) in [6, 6.07) is 0. The van der Waals surface area contributed by atoms with Crippen LogP contribution in [0.5, 0.6) is 0 Å². The summed E-state index contributed by atoms with van der Waals surface area (Å²) >= 11 is 0. The maximum atomic E-state index is 8.98. The van der Waals surface area contributed by atoms with Gasteiger partial charge in [-0.25, -0.2) is 0 Å². The monoisotopic (exact) mass is 206 g/mol. The second-order valence-electron chi connectivity index (χ2n) is 3.68. The molecule has 0 aliphatic carbocycles. The fourth-order valence-corrected chi connectivity index (χ4v) is 1.47. The molecule has 4 nitrogen and oxygen atoms in total. The van der Waals surface area contributed by atoms with Gasteiger partial charge in [-0.2, -0.15) is 0 Å². The van der Waals surface area contributed by atoms with E-state index in [-0.39, 0.29) is 19.1 Å². The molecule has 0 aromatic carbocycles. The first-order valence-corrected chi connectivity index (χ1v) is 5.28. The van der Waals surface area contributed by atoms with Crippen molar-refractivity contribution in [1.82, 2.24) is 0 Å². The molecular weight excluding hydrogens is 184 g/mol.